The van der Waals surface area contributed by atoms with E-state index >= 15 is 0 Å². The molecule has 0 amide bonds. The molecule has 0 bridgehead atoms. The van der Waals surface area contributed by atoms with Crippen LogP contribution in [0.3, 0.4) is 0 Å². The van der Waals surface area contributed by atoms with Gasteiger partial charge in [0.05, 0.1) is 18.2 Å². The fourth-order valence-electron chi connectivity index (χ4n) is 2.06. The molecule has 2 heterocycles. The topological polar surface area (TPSA) is 56.7 Å². The van der Waals surface area contributed by atoms with Gasteiger partial charge in [-0.15, -0.1) is 0 Å². The van der Waals surface area contributed by atoms with Crippen LogP contribution in [0.1, 0.15) is 32.7 Å². The Bertz CT molecular complexity index is 490. The van der Waals surface area contributed by atoms with E-state index in [4.69, 9.17) is 5.73 Å². The molecule has 4 heteroatoms. The van der Waals surface area contributed by atoms with Crippen LogP contribution in [0.4, 0.5) is 5.82 Å². The van der Waals surface area contributed by atoms with E-state index in [0.717, 1.165) is 24.1 Å². The molecule has 0 aliphatic rings. The number of hydrogen-bond donors (Lipinski definition) is 1. The molecule has 0 saturated carbocycles. The maximum absolute atomic E-state index is 5.90. The molecule has 0 aliphatic heterocycles. The van der Waals surface area contributed by atoms with Crippen molar-refractivity contribution < 1.29 is 0 Å². The summed E-state index contributed by atoms with van der Waals surface area (Å²) in [5.41, 5.74) is 7.89. The summed E-state index contributed by atoms with van der Waals surface area (Å²) in [5.74, 6) is 0.554. The van der Waals surface area contributed by atoms with E-state index in [1.54, 1.807) is 6.20 Å². The Kier molecular flexibility index (Phi) is 3.42. The molecule has 1 atom stereocenters. The van der Waals surface area contributed by atoms with Gasteiger partial charge >= 0.3 is 0 Å². The minimum atomic E-state index is 0.428. The Morgan fingerprint density at radius 3 is 3.00 bits per heavy atom. The summed E-state index contributed by atoms with van der Waals surface area (Å²) >= 11 is 0. The lowest BCUT2D eigenvalue weighted by molar-refractivity contribution is 0.504. The molecule has 0 fully saturated rings. The van der Waals surface area contributed by atoms with Crippen LogP contribution in [0.25, 0.3) is 11.3 Å². The first-order valence-electron chi connectivity index (χ1n) is 5.96. The average molecular weight is 230 g/mol. The van der Waals surface area contributed by atoms with Gasteiger partial charge in [-0.25, -0.2) is 9.97 Å². The van der Waals surface area contributed by atoms with Gasteiger partial charge in [-0.1, -0.05) is 13.3 Å². The number of aromatic nitrogens is 3. The van der Waals surface area contributed by atoms with Gasteiger partial charge in [0.2, 0.25) is 0 Å². The minimum absolute atomic E-state index is 0.428. The lowest BCUT2D eigenvalue weighted by Crippen LogP contribution is -2.06. The van der Waals surface area contributed by atoms with Crippen LogP contribution in [0.2, 0.25) is 0 Å². The smallest absolute Gasteiger partial charge is 0.132 e. The fourth-order valence-corrected chi connectivity index (χ4v) is 2.06. The molecule has 0 radical (unpaired) electrons. The Morgan fingerprint density at radius 2 is 2.29 bits per heavy atom. The third-order valence-corrected chi connectivity index (χ3v) is 2.96. The van der Waals surface area contributed by atoms with E-state index in [1.165, 1.54) is 0 Å². The second kappa shape index (κ2) is 4.99. The largest absolute Gasteiger partial charge is 0.383 e. The van der Waals surface area contributed by atoms with E-state index < -0.39 is 0 Å². The second-order valence-electron chi connectivity index (χ2n) is 4.26. The lowest BCUT2D eigenvalue weighted by atomic mass is 10.1. The van der Waals surface area contributed by atoms with Gasteiger partial charge in [0, 0.05) is 17.8 Å². The number of anilines is 1. The van der Waals surface area contributed by atoms with Crippen LogP contribution < -0.4 is 5.73 Å². The quantitative estimate of drug-likeness (QED) is 0.878. The summed E-state index contributed by atoms with van der Waals surface area (Å²) in [6.07, 6.45) is 7.70. The SMILES string of the molecule is CCCC(C)n1cncc1-c1cccnc1N. The average Bonchev–Trinajstić information content (AvgIpc) is 2.79. The number of nitrogen functional groups attached to an aromatic ring is 1. The van der Waals surface area contributed by atoms with Crippen molar-refractivity contribution in [3.63, 3.8) is 0 Å². The van der Waals surface area contributed by atoms with Gasteiger partial charge in [0.15, 0.2) is 0 Å². The van der Waals surface area contributed by atoms with Gasteiger partial charge in [-0.2, -0.15) is 0 Å². The van der Waals surface area contributed by atoms with E-state index in [0.29, 0.717) is 11.9 Å². The molecule has 2 aromatic rings. The van der Waals surface area contributed by atoms with Crippen LogP contribution in [-0.2, 0) is 0 Å². The Hall–Kier alpha value is -1.84. The molecule has 17 heavy (non-hydrogen) atoms. The fraction of sp³-hybridized carbons (Fsp3) is 0.385. The number of hydrogen-bond acceptors (Lipinski definition) is 3. The minimum Gasteiger partial charge on any atom is -0.383 e. The monoisotopic (exact) mass is 230 g/mol. The van der Waals surface area contributed by atoms with Gasteiger partial charge in [-0.05, 0) is 25.5 Å². The zero-order chi connectivity index (χ0) is 12.3. The van der Waals surface area contributed by atoms with Crippen LogP contribution in [0.5, 0.6) is 0 Å². The van der Waals surface area contributed by atoms with Gasteiger partial charge in [0.1, 0.15) is 5.82 Å². The highest BCUT2D eigenvalue weighted by atomic mass is 15.1. The predicted molar refractivity (Wildman–Crippen MR) is 69.5 cm³/mol. The molecule has 90 valence electrons. The normalized spacial score (nSPS) is 12.6. The molecular formula is C13H18N4. The molecule has 2 aromatic heterocycles. The van der Waals surface area contributed by atoms with Crippen molar-refractivity contribution >= 4 is 5.82 Å². The summed E-state index contributed by atoms with van der Waals surface area (Å²) in [4.78, 5) is 8.34. The molecule has 0 aliphatic carbocycles. The number of nitrogens with two attached hydrogens (primary N) is 1. The first-order valence-corrected chi connectivity index (χ1v) is 5.96. The molecule has 4 nitrogen and oxygen atoms in total. The summed E-state index contributed by atoms with van der Waals surface area (Å²) in [6, 6.07) is 4.30. The highest BCUT2D eigenvalue weighted by molar-refractivity contribution is 5.70. The standard InChI is InChI=1S/C13H18N4/c1-3-5-10(2)17-9-15-8-12(17)11-6-4-7-16-13(11)14/h4,6-10H,3,5H2,1-2H3,(H2,14,16). The van der Waals surface area contributed by atoms with Gasteiger partial charge in [-0.3, -0.25) is 0 Å². The van der Waals surface area contributed by atoms with E-state index in [-0.39, 0.29) is 0 Å². The van der Waals surface area contributed by atoms with Crippen molar-refractivity contribution in [3.05, 3.63) is 30.9 Å². The molecular weight excluding hydrogens is 212 g/mol. The zero-order valence-electron chi connectivity index (χ0n) is 10.3. The molecule has 1 unspecified atom stereocenters. The van der Waals surface area contributed by atoms with Crippen molar-refractivity contribution in [2.24, 2.45) is 0 Å². The van der Waals surface area contributed by atoms with E-state index in [9.17, 15) is 0 Å². The van der Waals surface area contributed by atoms with Crippen molar-refractivity contribution in [2.75, 3.05) is 5.73 Å². The first kappa shape index (κ1) is 11.6. The summed E-state index contributed by atoms with van der Waals surface area (Å²) in [5, 5.41) is 0. The molecule has 0 aromatic carbocycles. The van der Waals surface area contributed by atoms with E-state index in [1.807, 2.05) is 24.7 Å². The third kappa shape index (κ3) is 2.30. The Morgan fingerprint density at radius 1 is 1.47 bits per heavy atom. The highest BCUT2D eigenvalue weighted by Crippen LogP contribution is 2.27. The zero-order valence-corrected chi connectivity index (χ0v) is 10.3. The Labute approximate surface area is 102 Å². The first-order chi connectivity index (χ1) is 8.24. The van der Waals surface area contributed by atoms with Crippen LogP contribution in [-0.4, -0.2) is 14.5 Å². The van der Waals surface area contributed by atoms with Crippen LogP contribution in [0, 0.1) is 0 Å². The van der Waals surface area contributed by atoms with Crippen LogP contribution >= 0.6 is 0 Å². The predicted octanol–water partition coefficient (Wildman–Crippen LogP) is 2.89. The Balaban J connectivity index is 2.40. The summed E-state index contributed by atoms with van der Waals surface area (Å²) < 4.78 is 2.16. The molecule has 2 N–H and O–H groups in total. The number of nitrogens with zero attached hydrogens (tertiary/aromatic N) is 3. The highest BCUT2D eigenvalue weighted by Gasteiger charge is 2.12. The number of imidazole rings is 1. The van der Waals surface area contributed by atoms with Crippen LogP contribution in [0.15, 0.2) is 30.9 Å². The van der Waals surface area contributed by atoms with Gasteiger partial charge < -0.3 is 10.3 Å². The molecule has 0 spiro atoms. The summed E-state index contributed by atoms with van der Waals surface area (Å²) in [7, 11) is 0. The van der Waals surface area contributed by atoms with Crippen molar-refractivity contribution in [2.45, 2.75) is 32.7 Å². The van der Waals surface area contributed by atoms with Crippen molar-refractivity contribution in [3.8, 4) is 11.3 Å². The third-order valence-electron chi connectivity index (χ3n) is 2.96. The maximum atomic E-state index is 5.90. The second-order valence-corrected chi connectivity index (χ2v) is 4.26. The van der Waals surface area contributed by atoms with Gasteiger partial charge in [0.25, 0.3) is 0 Å². The maximum Gasteiger partial charge on any atom is 0.132 e. The lowest BCUT2D eigenvalue weighted by Gasteiger charge is -2.16. The molecule has 2 rings (SSSR count). The summed E-state index contributed by atoms with van der Waals surface area (Å²) in [6.45, 7) is 4.38. The number of pyridine rings is 1. The number of rotatable bonds is 4. The van der Waals surface area contributed by atoms with Crippen molar-refractivity contribution in [1.82, 2.24) is 14.5 Å². The molecule has 0 saturated heterocycles. The van der Waals surface area contributed by atoms with Crippen molar-refractivity contribution in [1.29, 1.82) is 0 Å². The van der Waals surface area contributed by atoms with E-state index in [2.05, 4.69) is 28.4 Å².